The highest BCUT2D eigenvalue weighted by atomic mass is 35.5. The number of anilines is 2. The van der Waals surface area contributed by atoms with E-state index in [9.17, 15) is 9.59 Å². The normalized spacial score (nSPS) is 13.9. The van der Waals surface area contributed by atoms with E-state index in [1.165, 1.54) is 0 Å². The summed E-state index contributed by atoms with van der Waals surface area (Å²) in [5, 5.41) is 12.4. The zero-order valence-corrected chi connectivity index (χ0v) is 18.6. The van der Waals surface area contributed by atoms with Crippen LogP contribution in [0.15, 0.2) is 66.9 Å². The summed E-state index contributed by atoms with van der Waals surface area (Å²) in [6.07, 6.45) is 1.63. The van der Waals surface area contributed by atoms with Crippen molar-refractivity contribution in [3.05, 3.63) is 88.6 Å². The number of pyridine rings is 1. The molecule has 166 valence electrons. The van der Waals surface area contributed by atoms with Crippen molar-refractivity contribution in [1.29, 1.82) is 5.26 Å². The highest BCUT2D eigenvalue weighted by Gasteiger charge is 2.21. The fourth-order valence-corrected chi connectivity index (χ4v) is 3.92. The lowest BCUT2D eigenvalue weighted by Gasteiger charge is -2.35. The molecule has 1 aromatic heterocycles. The lowest BCUT2D eigenvalue weighted by molar-refractivity contribution is -0.117. The molecule has 1 saturated heterocycles. The first-order valence-corrected chi connectivity index (χ1v) is 10.9. The van der Waals surface area contributed by atoms with Crippen molar-refractivity contribution in [3.63, 3.8) is 0 Å². The zero-order chi connectivity index (χ0) is 23.2. The van der Waals surface area contributed by atoms with Gasteiger partial charge in [-0.2, -0.15) is 5.26 Å². The third-order valence-corrected chi connectivity index (χ3v) is 5.71. The van der Waals surface area contributed by atoms with Gasteiger partial charge in [-0.05, 0) is 30.3 Å². The Bertz CT molecular complexity index is 1200. The number of carbonyl (C=O) groups is 2. The number of piperazine rings is 1. The number of halogens is 1. The van der Waals surface area contributed by atoms with E-state index >= 15 is 0 Å². The van der Waals surface area contributed by atoms with E-state index in [0.29, 0.717) is 53.6 Å². The monoisotopic (exact) mass is 459 g/mol. The largest absolute Gasteiger partial charge is 0.354 e. The molecule has 2 aromatic carbocycles. The van der Waals surface area contributed by atoms with E-state index in [-0.39, 0.29) is 18.2 Å². The van der Waals surface area contributed by atoms with Gasteiger partial charge in [0.05, 0.1) is 23.9 Å². The lowest BCUT2D eigenvalue weighted by atomic mass is 10.0. The van der Waals surface area contributed by atoms with Crippen LogP contribution >= 0.6 is 11.6 Å². The molecule has 1 N–H and O–H groups in total. The maximum Gasteiger partial charge on any atom is 0.238 e. The van der Waals surface area contributed by atoms with Gasteiger partial charge in [0.1, 0.15) is 5.82 Å². The molecule has 0 atom stereocenters. The Labute approximate surface area is 197 Å². The van der Waals surface area contributed by atoms with Gasteiger partial charge in [-0.1, -0.05) is 41.9 Å². The first-order chi connectivity index (χ1) is 16.0. The zero-order valence-electron chi connectivity index (χ0n) is 17.9. The summed E-state index contributed by atoms with van der Waals surface area (Å²) in [5.41, 5.74) is 1.90. The van der Waals surface area contributed by atoms with Crippen LogP contribution in [0.2, 0.25) is 5.02 Å². The molecule has 1 amide bonds. The van der Waals surface area contributed by atoms with Crippen molar-refractivity contribution in [1.82, 2.24) is 9.88 Å². The number of aromatic nitrogens is 1. The summed E-state index contributed by atoms with van der Waals surface area (Å²) in [7, 11) is 0. The number of carbonyl (C=O) groups excluding carboxylic acids is 2. The predicted octanol–water partition coefficient (Wildman–Crippen LogP) is 3.60. The van der Waals surface area contributed by atoms with Gasteiger partial charge in [0.15, 0.2) is 5.78 Å². The molecular weight excluding hydrogens is 438 g/mol. The first-order valence-electron chi connectivity index (χ1n) is 10.6. The van der Waals surface area contributed by atoms with Crippen molar-refractivity contribution < 1.29 is 9.59 Å². The van der Waals surface area contributed by atoms with E-state index in [2.05, 4.69) is 26.2 Å². The summed E-state index contributed by atoms with van der Waals surface area (Å²) in [4.78, 5) is 34.2. The maximum absolute atomic E-state index is 13.0. The third kappa shape index (κ3) is 5.55. The Morgan fingerprint density at radius 3 is 2.52 bits per heavy atom. The van der Waals surface area contributed by atoms with Gasteiger partial charge in [0, 0.05) is 48.5 Å². The number of ketones is 1. The van der Waals surface area contributed by atoms with Crippen LogP contribution in [-0.4, -0.2) is 54.3 Å². The van der Waals surface area contributed by atoms with Crippen molar-refractivity contribution in [2.24, 2.45) is 0 Å². The molecule has 3 aromatic rings. The highest BCUT2D eigenvalue weighted by Crippen LogP contribution is 2.24. The van der Waals surface area contributed by atoms with Crippen LogP contribution < -0.4 is 10.2 Å². The molecule has 7 nitrogen and oxygen atoms in total. The predicted molar refractivity (Wildman–Crippen MR) is 128 cm³/mol. The molecule has 0 aliphatic carbocycles. The summed E-state index contributed by atoms with van der Waals surface area (Å²) < 4.78 is 0. The smallest absolute Gasteiger partial charge is 0.238 e. The van der Waals surface area contributed by atoms with Gasteiger partial charge in [-0.25, -0.2) is 4.98 Å². The molecule has 1 fully saturated rings. The molecule has 1 aliphatic rings. The summed E-state index contributed by atoms with van der Waals surface area (Å²) >= 11 is 6.12. The van der Waals surface area contributed by atoms with Crippen LogP contribution in [-0.2, 0) is 4.79 Å². The minimum atomic E-state index is -0.200. The SMILES string of the molecule is N#Cc1ccnc(N2CCN(CC(=O)Nc3ccc(Cl)cc3C(=O)c3ccccc3)CC2)c1. The lowest BCUT2D eigenvalue weighted by Crippen LogP contribution is -2.49. The number of nitrogens with one attached hydrogen (secondary N) is 1. The Kier molecular flexibility index (Phi) is 6.98. The molecule has 0 unspecified atom stereocenters. The average molecular weight is 460 g/mol. The number of amides is 1. The van der Waals surface area contributed by atoms with Crippen LogP contribution in [0.1, 0.15) is 21.5 Å². The van der Waals surface area contributed by atoms with Gasteiger partial charge in [-0.3, -0.25) is 14.5 Å². The van der Waals surface area contributed by atoms with Crippen molar-refractivity contribution in [3.8, 4) is 6.07 Å². The standard InChI is InChI=1S/C25H22ClN5O2/c26-20-6-7-22(21(15-20)25(33)19-4-2-1-3-5-19)29-24(32)17-30-10-12-31(13-11-30)23-14-18(16-27)8-9-28-23/h1-9,14-15H,10-13,17H2,(H,29,32). The Morgan fingerprint density at radius 1 is 1.03 bits per heavy atom. The topological polar surface area (TPSA) is 89.3 Å². The Balaban J connectivity index is 1.38. The Morgan fingerprint density at radius 2 is 1.79 bits per heavy atom. The fraction of sp³-hybridized carbons (Fsp3) is 0.200. The Hall–Kier alpha value is -3.73. The third-order valence-electron chi connectivity index (χ3n) is 5.47. The number of hydrogen-bond acceptors (Lipinski definition) is 6. The molecule has 33 heavy (non-hydrogen) atoms. The minimum Gasteiger partial charge on any atom is -0.354 e. The van der Waals surface area contributed by atoms with Crippen LogP contribution in [0.3, 0.4) is 0 Å². The summed E-state index contributed by atoms with van der Waals surface area (Å²) in [6, 6.07) is 19.4. The quantitative estimate of drug-likeness (QED) is 0.566. The molecule has 1 aliphatic heterocycles. The number of hydrogen-bond donors (Lipinski definition) is 1. The van der Waals surface area contributed by atoms with Crippen LogP contribution in [0, 0.1) is 11.3 Å². The van der Waals surface area contributed by atoms with E-state index < -0.39 is 0 Å². The molecule has 2 heterocycles. The summed E-state index contributed by atoms with van der Waals surface area (Å²) in [5.74, 6) is 0.370. The second-order valence-electron chi connectivity index (χ2n) is 7.71. The first kappa shape index (κ1) is 22.5. The fourth-order valence-electron chi connectivity index (χ4n) is 3.75. The molecule has 0 radical (unpaired) electrons. The number of benzene rings is 2. The van der Waals surface area contributed by atoms with Gasteiger partial charge < -0.3 is 10.2 Å². The average Bonchev–Trinajstić information content (AvgIpc) is 2.85. The molecule has 0 saturated carbocycles. The second kappa shape index (κ2) is 10.3. The van der Waals surface area contributed by atoms with E-state index in [1.807, 2.05) is 6.07 Å². The molecular formula is C25H22ClN5O2. The van der Waals surface area contributed by atoms with Gasteiger partial charge in [0.2, 0.25) is 5.91 Å². The van der Waals surface area contributed by atoms with Crippen LogP contribution in [0.4, 0.5) is 11.5 Å². The highest BCUT2D eigenvalue weighted by molar-refractivity contribution is 6.31. The van der Waals surface area contributed by atoms with Crippen LogP contribution in [0.25, 0.3) is 0 Å². The van der Waals surface area contributed by atoms with E-state index in [1.54, 1.807) is 60.8 Å². The van der Waals surface area contributed by atoms with Crippen molar-refractivity contribution >= 4 is 34.8 Å². The summed E-state index contributed by atoms with van der Waals surface area (Å²) in [6.45, 7) is 2.98. The van der Waals surface area contributed by atoms with E-state index in [4.69, 9.17) is 16.9 Å². The minimum absolute atomic E-state index is 0.197. The second-order valence-corrected chi connectivity index (χ2v) is 8.15. The molecule has 0 bridgehead atoms. The van der Waals surface area contributed by atoms with Gasteiger partial charge in [-0.15, -0.1) is 0 Å². The molecule has 8 heteroatoms. The molecule has 0 spiro atoms. The molecule has 4 rings (SSSR count). The van der Waals surface area contributed by atoms with Crippen LogP contribution in [0.5, 0.6) is 0 Å². The number of nitriles is 1. The number of nitrogens with zero attached hydrogens (tertiary/aromatic N) is 4. The van der Waals surface area contributed by atoms with Gasteiger partial charge in [0.25, 0.3) is 0 Å². The van der Waals surface area contributed by atoms with Crippen molar-refractivity contribution in [2.75, 3.05) is 42.9 Å². The van der Waals surface area contributed by atoms with E-state index in [0.717, 1.165) is 5.82 Å². The maximum atomic E-state index is 13.0. The van der Waals surface area contributed by atoms with Gasteiger partial charge >= 0.3 is 0 Å². The number of rotatable bonds is 6. The van der Waals surface area contributed by atoms with Crippen molar-refractivity contribution in [2.45, 2.75) is 0 Å².